The number of fused-ring (bicyclic) bond motifs is 8. The summed E-state index contributed by atoms with van der Waals surface area (Å²) in [6, 6.07) is 35.4. The SMILES string of the molecule is CC(C)Cc1cc(-c2[c-]c3c(cc2)C(C)(C)c2cccc4c5cccnc5n-3c24)nc(-c2cc(C(C)(C)C)cc3c2[n-]c2ccc(C(C)(C)C)cc23)c1.[Pt+2]. The van der Waals surface area contributed by atoms with Crippen LogP contribution in [0.4, 0.5) is 0 Å². The van der Waals surface area contributed by atoms with Gasteiger partial charge in [-0.25, -0.2) is 4.98 Å². The molecule has 4 aromatic carbocycles. The molecule has 5 heterocycles. The molecule has 274 valence electrons. The van der Waals surface area contributed by atoms with Gasteiger partial charge >= 0.3 is 21.1 Å². The van der Waals surface area contributed by atoms with E-state index >= 15 is 0 Å². The Hall–Kier alpha value is -4.53. The zero-order valence-corrected chi connectivity index (χ0v) is 35.3. The van der Waals surface area contributed by atoms with Gasteiger partial charge in [-0.2, -0.15) is 0 Å². The quantitative estimate of drug-likeness (QED) is 0.165. The van der Waals surface area contributed by atoms with Gasteiger partial charge < -0.3 is 9.55 Å². The van der Waals surface area contributed by atoms with Crippen molar-refractivity contribution in [2.45, 2.75) is 91.9 Å². The summed E-state index contributed by atoms with van der Waals surface area (Å²) in [7, 11) is 0. The second-order valence-electron chi connectivity index (χ2n) is 18.3. The Kier molecular flexibility index (Phi) is 8.44. The second-order valence-corrected chi connectivity index (χ2v) is 18.3. The smallest absolute Gasteiger partial charge is 0.656 e. The predicted octanol–water partition coefficient (Wildman–Crippen LogP) is 12.4. The van der Waals surface area contributed by atoms with Crippen molar-refractivity contribution >= 4 is 43.7 Å². The van der Waals surface area contributed by atoms with Gasteiger partial charge in [-0.1, -0.05) is 135 Å². The topological polar surface area (TPSA) is 44.8 Å². The van der Waals surface area contributed by atoms with Gasteiger partial charge in [0.15, 0.2) is 0 Å². The normalized spacial score (nSPS) is 14.0. The maximum atomic E-state index is 5.51. The van der Waals surface area contributed by atoms with E-state index in [1.807, 2.05) is 12.3 Å². The molecule has 0 saturated carbocycles. The maximum absolute atomic E-state index is 5.51. The summed E-state index contributed by atoms with van der Waals surface area (Å²) in [5.41, 5.74) is 15.5. The van der Waals surface area contributed by atoms with E-state index in [0.717, 1.165) is 56.7 Å². The number of pyridine rings is 2. The minimum Gasteiger partial charge on any atom is -0.656 e. The third-order valence-corrected chi connectivity index (χ3v) is 11.5. The minimum absolute atomic E-state index is 0. The Morgan fingerprint density at radius 3 is 2.20 bits per heavy atom. The van der Waals surface area contributed by atoms with Crippen molar-refractivity contribution < 1.29 is 21.1 Å². The van der Waals surface area contributed by atoms with Gasteiger partial charge in [0.25, 0.3) is 0 Å². The number of hydrogen-bond acceptors (Lipinski definition) is 2. The first-order valence-electron chi connectivity index (χ1n) is 19.1. The van der Waals surface area contributed by atoms with E-state index in [9.17, 15) is 0 Å². The van der Waals surface area contributed by atoms with Crippen LogP contribution in [0.25, 0.3) is 71.9 Å². The fraction of sp³-hybridized carbons (Fsp3) is 0.306. The first-order valence-corrected chi connectivity index (χ1v) is 19.1. The van der Waals surface area contributed by atoms with Crippen molar-refractivity contribution in [2.24, 2.45) is 5.92 Å². The van der Waals surface area contributed by atoms with Gasteiger partial charge in [0.1, 0.15) is 5.65 Å². The van der Waals surface area contributed by atoms with Crippen LogP contribution >= 0.6 is 0 Å². The van der Waals surface area contributed by atoms with Gasteiger partial charge in [0.2, 0.25) is 0 Å². The monoisotopic (exact) mass is 887 g/mol. The maximum Gasteiger partial charge on any atom is 2.00 e. The van der Waals surface area contributed by atoms with Crippen LogP contribution < -0.4 is 4.98 Å². The average Bonchev–Trinajstić information content (AvgIpc) is 3.65. The molecule has 1 aliphatic rings. The summed E-state index contributed by atoms with van der Waals surface area (Å²) in [4.78, 5) is 15.8. The van der Waals surface area contributed by atoms with Crippen LogP contribution in [0, 0.1) is 12.0 Å². The summed E-state index contributed by atoms with van der Waals surface area (Å²) in [5, 5.41) is 4.80. The molecule has 1 aliphatic heterocycles. The van der Waals surface area contributed by atoms with Crippen LogP contribution in [0.5, 0.6) is 0 Å². The first-order chi connectivity index (χ1) is 25.1. The van der Waals surface area contributed by atoms with Crippen molar-refractivity contribution in [3.8, 4) is 28.2 Å². The van der Waals surface area contributed by atoms with Gasteiger partial charge in [0, 0.05) is 17.0 Å². The third kappa shape index (κ3) is 5.67. The van der Waals surface area contributed by atoms with E-state index in [1.54, 1.807) is 0 Å². The minimum atomic E-state index is -0.205. The van der Waals surface area contributed by atoms with Crippen molar-refractivity contribution in [1.29, 1.82) is 0 Å². The molecule has 0 saturated heterocycles. The zero-order chi connectivity index (χ0) is 37.2. The Labute approximate surface area is 333 Å². The summed E-state index contributed by atoms with van der Waals surface area (Å²) in [6.07, 6.45) is 2.85. The van der Waals surface area contributed by atoms with E-state index in [0.29, 0.717) is 5.92 Å². The molecule has 0 unspecified atom stereocenters. The van der Waals surface area contributed by atoms with Gasteiger partial charge in [-0.05, 0) is 91.2 Å². The Balaban J connectivity index is 0.00000413. The van der Waals surface area contributed by atoms with E-state index in [-0.39, 0.29) is 37.3 Å². The number of para-hydroxylation sites is 1. The van der Waals surface area contributed by atoms with E-state index < -0.39 is 0 Å². The largest absolute Gasteiger partial charge is 2.00 e. The fourth-order valence-electron chi connectivity index (χ4n) is 8.55. The second kappa shape index (κ2) is 12.5. The number of rotatable bonds is 4. The summed E-state index contributed by atoms with van der Waals surface area (Å²) < 4.78 is 2.34. The molecule has 0 amide bonds. The standard InChI is InChI=1S/C49H48N4.Pt/c1-28(2)21-29-22-41(30-16-18-38-43(24-30)53-45-33(34-14-12-20-50-46(34)53)13-11-15-39(45)49(38,9)10)51-42(23-29)37-27-32(48(6,7)8)26-36-35-25-31(47(3,4)5)17-19-40(35)52-44(36)37;/h11-20,22-23,25-28H,21H2,1-10H3;/q-2;+2. The summed E-state index contributed by atoms with van der Waals surface area (Å²) in [5.74, 6) is 0.491. The first kappa shape index (κ1) is 36.4. The van der Waals surface area contributed by atoms with E-state index in [4.69, 9.17) is 15.0 Å². The zero-order valence-electron chi connectivity index (χ0n) is 33.0. The molecule has 0 radical (unpaired) electrons. The molecule has 0 N–H and O–H groups in total. The molecule has 0 spiro atoms. The predicted molar refractivity (Wildman–Crippen MR) is 222 cm³/mol. The van der Waals surface area contributed by atoms with Crippen LogP contribution in [0.1, 0.15) is 97.1 Å². The molecule has 0 aliphatic carbocycles. The van der Waals surface area contributed by atoms with Crippen molar-refractivity contribution in [3.05, 3.63) is 125 Å². The molecule has 0 atom stereocenters. The summed E-state index contributed by atoms with van der Waals surface area (Å²) >= 11 is 0. The molecule has 8 aromatic rings. The molecule has 0 bridgehead atoms. The number of aromatic nitrogens is 4. The van der Waals surface area contributed by atoms with Crippen LogP contribution in [-0.2, 0) is 43.7 Å². The molecular formula is C49H48N4Pt. The van der Waals surface area contributed by atoms with Crippen LogP contribution in [0.2, 0.25) is 0 Å². The molecule has 54 heavy (non-hydrogen) atoms. The molecular weight excluding hydrogens is 840 g/mol. The Bertz CT molecular complexity index is 2780. The van der Waals surface area contributed by atoms with Crippen molar-refractivity contribution in [3.63, 3.8) is 0 Å². The number of nitrogens with zero attached hydrogens (tertiary/aromatic N) is 4. The van der Waals surface area contributed by atoms with Crippen LogP contribution in [-0.4, -0.2) is 14.5 Å². The van der Waals surface area contributed by atoms with Crippen LogP contribution in [0.3, 0.4) is 0 Å². The van der Waals surface area contributed by atoms with Crippen LogP contribution in [0.15, 0.2) is 91.1 Å². The molecule has 9 rings (SSSR count). The summed E-state index contributed by atoms with van der Waals surface area (Å²) in [6.45, 7) is 23.0. The third-order valence-electron chi connectivity index (χ3n) is 11.5. The van der Waals surface area contributed by atoms with E-state index in [2.05, 4.69) is 159 Å². The Morgan fingerprint density at radius 2 is 1.46 bits per heavy atom. The van der Waals surface area contributed by atoms with Gasteiger partial charge in [0.05, 0.1) is 11.2 Å². The van der Waals surface area contributed by atoms with E-state index in [1.165, 1.54) is 49.5 Å². The molecule has 0 fully saturated rings. The van der Waals surface area contributed by atoms with Crippen molar-refractivity contribution in [2.75, 3.05) is 0 Å². The average molecular weight is 888 g/mol. The van der Waals surface area contributed by atoms with Gasteiger partial charge in [-0.3, -0.25) is 4.98 Å². The molecule has 4 aromatic heterocycles. The molecule has 5 heteroatoms. The number of benzene rings is 4. The molecule has 4 nitrogen and oxygen atoms in total. The number of hydrogen-bond donors (Lipinski definition) is 0. The van der Waals surface area contributed by atoms with Gasteiger partial charge in [-0.15, -0.1) is 34.8 Å². The van der Waals surface area contributed by atoms with Crippen molar-refractivity contribution in [1.82, 2.24) is 19.5 Å². The fourth-order valence-corrected chi connectivity index (χ4v) is 8.55. The Morgan fingerprint density at radius 1 is 0.741 bits per heavy atom.